The molecule has 0 aromatic heterocycles. The molecule has 0 aliphatic carbocycles. The van der Waals surface area contributed by atoms with Gasteiger partial charge < -0.3 is 5.73 Å². The molecule has 1 nitrogen and oxygen atoms in total. The minimum atomic E-state index is 0.202. The molecule has 1 atom stereocenters. The van der Waals surface area contributed by atoms with E-state index >= 15 is 0 Å². The summed E-state index contributed by atoms with van der Waals surface area (Å²) in [5.41, 5.74) is 7.45. The topological polar surface area (TPSA) is 26.0 Å². The van der Waals surface area contributed by atoms with E-state index < -0.39 is 0 Å². The molecule has 0 heterocycles. The highest BCUT2D eigenvalue weighted by Crippen LogP contribution is 2.33. The minimum Gasteiger partial charge on any atom is -0.330 e. The van der Waals surface area contributed by atoms with Crippen LogP contribution in [-0.4, -0.2) is 6.54 Å². The Bertz CT molecular complexity index is 373. The first-order valence-electron chi connectivity index (χ1n) is 6.71. The first-order chi connectivity index (χ1) is 8.56. The molecule has 0 aliphatic rings. The van der Waals surface area contributed by atoms with Gasteiger partial charge in [-0.25, -0.2) is 0 Å². The van der Waals surface area contributed by atoms with Crippen LogP contribution < -0.4 is 5.73 Å². The molecule has 0 spiro atoms. The van der Waals surface area contributed by atoms with Crippen molar-refractivity contribution in [2.45, 2.75) is 46.0 Å². The zero-order valence-corrected chi connectivity index (χ0v) is 12.8. The summed E-state index contributed by atoms with van der Waals surface area (Å²) in [6, 6.07) is 5.89. The van der Waals surface area contributed by atoms with Crippen LogP contribution in [0, 0.1) is 5.41 Å². The zero-order valence-electron chi connectivity index (χ0n) is 11.3. The fourth-order valence-electron chi connectivity index (χ4n) is 2.34. The second kappa shape index (κ2) is 7.37. The Labute approximate surface area is 121 Å². The molecule has 0 saturated carbocycles. The van der Waals surface area contributed by atoms with Crippen LogP contribution >= 0.6 is 23.2 Å². The lowest BCUT2D eigenvalue weighted by Crippen LogP contribution is -2.32. The van der Waals surface area contributed by atoms with Gasteiger partial charge in [-0.05, 0) is 48.9 Å². The maximum atomic E-state index is 6.07. The van der Waals surface area contributed by atoms with Gasteiger partial charge in [0.1, 0.15) is 0 Å². The molecule has 1 aromatic rings. The van der Waals surface area contributed by atoms with Gasteiger partial charge in [0.15, 0.2) is 0 Å². The fraction of sp³-hybridized carbons (Fsp3) is 0.600. The lowest BCUT2D eigenvalue weighted by molar-refractivity contribution is 0.251. The Kier molecular flexibility index (Phi) is 6.48. The van der Waals surface area contributed by atoms with Crippen molar-refractivity contribution in [3.05, 3.63) is 33.8 Å². The van der Waals surface area contributed by atoms with Crippen molar-refractivity contribution >= 4 is 23.2 Å². The standard InChI is InChI=1S/C15H23Cl2N/c1-3-5-8-15(4-2,11-18)10-12-6-7-13(16)14(17)9-12/h6-7,9H,3-5,8,10-11,18H2,1-2H3. The van der Waals surface area contributed by atoms with Crippen LogP contribution in [0.4, 0.5) is 0 Å². The van der Waals surface area contributed by atoms with Gasteiger partial charge in [-0.2, -0.15) is 0 Å². The third kappa shape index (κ3) is 4.15. The summed E-state index contributed by atoms with van der Waals surface area (Å²) in [5.74, 6) is 0. The Balaban J connectivity index is 2.84. The predicted octanol–water partition coefficient (Wildman–Crippen LogP) is 5.08. The van der Waals surface area contributed by atoms with Crippen LogP contribution in [0.2, 0.25) is 10.0 Å². The molecule has 0 fully saturated rings. The van der Waals surface area contributed by atoms with Gasteiger partial charge in [-0.3, -0.25) is 0 Å². The van der Waals surface area contributed by atoms with Crippen molar-refractivity contribution in [3.63, 3.8) is 0 Å². The Morgan fingerprint density at radius 2 is 1.89 bits per heavy atom. The quantitative estimate of drug-likeness (QED) is 0.743. The zero-order chi connectivity index (χ0) is 13.6. The summed E-state index contributed by atoms with van der Waals surface area (Å²) in [7, 11) is 0. The van der Waals surface area contributed by atoms with Gasteiger partial charge in [-0.1, -0.05) is 56.0 Å². The number of unbranched alkanes of at least 4 members (excludes halogenated alkanes) is 1. The van der Waals surface area contributed by atoms with Gasteiger partial charge in [0.05, 0.1) is 10.0 Å². The van der Waals surface area contributed by atoms with Crippen LogP contribution in [0.15, 0.2) is 18.2 Å². The monoisotopic (exact) mass is 287 g/mol. The molecule has 1 unspecified atom stereocenters. The molecule has 18 heavy (non-hydrogen) atoms. The van der Waals surface area contributed by atoms with Crippen molar-refractivity contribution in [3.8, 4) is 0 Å². The van der Waals surface area contributed by atoms with Crippen molar-refractivity contribution in [1.29, 1.82) is 0 Å². The van der Waals surface area contributed by atoms with Crippen LogP contribution in [0.3, 0.4) is 0 Å². The third-order valence-corrected chi connectivity index (χ3v) is 4.55. The maximum Gasteiger partial charge on any atom is 0.0595 e. The van der Waals surface area contributed by atoms with E-state index in [-0.39, 0.29) is 5.41 Å². The molecular formula is C15H23Cl2N. The molecule has 0 amide bonds. The van der Waals surface area contributed by atoms with Gasteiger partial charge in [0.2, 0.25) is 0 Å². The summed E-state index contributed by atoms with van der Waals surface area (Å²) in [6.45, 7) is 5.17. The van der Waals surface area contributed by atoms with Gasteiger partial charge in [-0.15, -0.1) is 0 Å². The van der Waals surface area contributed by atoms with Crippen molar-refractivity contribution in [2.24, 2.45) is 11.1 Å². The molecule has 1 aromatic carbocycles. The molecule has 0 aliphatic heterocycles. The maximum absolute atomic E-state index is 6.07. The average Bonchev–Trinajstić information content (AvgIpc) is 2.39. The highest BCUT2D eigenvalue weighted by Gasteiger charge is 2.26. The van der Waals surface area contributed by atoms with Gasteiger partial charge >= 0.3 is 0 Å². The van der Waals surface area contributed by atoms with Crippen LogP contribution in [0.5, 0.6) is 0 Å². The van der Waals surface area contributed by atoms with E-state index in [4.69, 9.17) is 28.9 Å². The first kappa shape index (κ1) is 15.8. The van der Waals surface area contributed by atoms with Crippen LogP contribution in [0.25, 0.3) is 0 Å². The lowest BCUT2D eigenvalue weighted by Gasteiger charge is -2.32. The molecule has 102 valence electrons. The Morgan fingerprint density at radius 1 is 1.17 bits per heavy atom. The van der Waals surface area contributed by atoms with E-state index in [1.807, 2.05) is 12.1 Å². The number of rotatable bonds is 7. The summed E-state index contributed by atoms with van der Waals surface area (Å²) >= 11 is 12.0. The van der Waals surface area contributed by atoms with Gasteiger partial charge in [0, 0.05) is 0 Å². The first-order valence-corrected chi connectivity index (χ1v) is 7.46. The molecule has 1 rings (SSSR count). The van der Waals surface area contributed by atoms with E-state index in [1.54, 1.807) is 0 Å². The highest BCUT2D eigenvalue weighted by atomic mass is 35.5. The second-order valence-electron chi connectivity index (χ2n) is 5.09. The van der Waals surface area contributed by atoms with Crippen molar-refractivity contribution in [1.82, 2.24) is 0 Å². The van der Waals surface area contributed by atoms with E-state index in [9.17, 15) is 0 Å². The summed E-state index contributed by atoms with van der Waals surface area (Å²) in [6.07, 6.45) is 5.70. The van der Waals surface area contributed by atoms with Crippen LogP contribution in [-0.2, 0) is 6.42 Å². The van der Waals surface area contributed by atoms with E-state index in [1.165, 1.54) is 24.8 Å². The summed E-state index contributed by atoms with van der Waals surface area (Å²) in [5, 5.41) is 1.25. The number of hydrogen-bond donors (Lipinski definition) is 1. The van der Waals surface area contributed by atoms with Crippen LogP contribution in [0.1, 0.15) is 45.1 Å². The van der Waals surface area contributed by atoms with E-state index in [2.05, 4.69) is 19.9 Å². The van der Waals surface area contributed by atoms with E-state index in [0.29, 0.717) is 10.0 Å². The summed E-state index contributed by atoms with van der Waals surface area (Å²) < 4.78 is 0. The smallest absolute Gasteiger partial charge is 0.0595 e. The molecule has 0 bridgehead atoms. The average molecular weight is 288 g/mol. The van der Waals surface area contributed by atoms with Gasteiger partial charge in [0.25, 0.3) is 0 Å². The molecular weight excluding hydrogens is 265 g/mol. The molecule has 3 heteroatoms. The molecule has 0 saturated heterocycles. The van der Waals surface area contributed by atoms with Crippen molar-refractivity contribution in [2.75, 3.05) is 6.54 Å². The Hall–Kier alpha value is -0.240. The molecule has 2 N–H and O–H groups in total. The Morgan fingerprint density at radius 3 is 2.39 bits per heavy atom. The largest absolute Gasteiger partial charge is 0.330 e. The lowest BCUT2D eigenvalue weighted by atomic mass is 9.75. The summed E-state index contributed by atoms with van der Waals surface area (Å²) in [4.78, 5) is 0. The molecule has 0 radical (unpaired) electrons. The second-order valence-corrected chi connectivity index (χ2v) is 5.90. The number of hydrogen-bond acceptors (Lipinski definition) is 1. The number of halogens is 2. The predicted molar refractivity (Wildman–Crippen MR) is 81.5 cm³/mol. The third-order valence-electron chi connectivity index (χ3n) is 3.81. The minimum absolute atomic E-state index is 0.202. The van der Waals surface area contributed by atoms with Crippen molar-refractivity contribution < 1.29 is 0 Å². The number of nitrogens with two attached hydrogens (primary N) is 1. The number of benzene rings is 1. The SMILES string of the molecule is CCCCC(CC)(CN)Cc1ccc(Cl)c(Cl)c1. The van der Waals surface area contributed by atoms with E-state index in [0.717, 1.165) is 19.4 Å². The normalized spacial score (nSPS) is 14.5. The fourth-order valence-corrected chi connectivity index (χ4v) is 2.66. The highest BCUT2D eigenvalue weighted by molar-refractivity contribution is 6.42.